The first-order valence-electron chi connectivity index (χ1n) is 7.04. The molecular formula is C17H19NO5S. The van der Waals surface area contributed by atoms with Gasteiger partial charge >= 0.3 is 0 Å². The van der Waals surface area contributed by atoms with Gasteiger partial charge in [0, 0.05) is 5.69 Å². The monoisotopic (exact) mass is 349 g/mol. The van der Waals surface area contributed by atoms with Gasteiger partial charge in [-0.1, -0.05) is 6.07 Å². The maximum Gasteiger partial charge on any atom is 0.255 e. The highest BCUT2D eigenvalue weighted by Gasteiger charge is 2.07. The second-order valence-electron chi connectivity index (χ2n) is 4.79. The van der Waals surface area contributed by atoms with Crippen LogP contribution >= 0.6 is 0 Å². The normalized spacial score (nSPS) is 11.3. The van der Waals surface area contributed by atoms with Gasteiger partial charge < -0.3 is 14.2 Å². The third kappa shape index (κ3) is 4.66. The largest absolute Gasteiger partial charge is 0.497 e. The Hall–Kier alpha value is -2.67. The number of nitrogens with one attached hydrogen (secondary N) is 1. The summed E-state index contributed by atoms with van der Waals surface area (Å²) in [7, 11) is 0.975. The number of benzene rings is 2. The Morgan fingerprint density at radius 1 is 0.875 bits per heavy atom. The topological polar surface area (TPSA) is 73.9 Å². The Bertz CT molecular complexity index is 813. The van der Waals surface area contributed by atoms with E-state index >= 15 is 0 Å². The van der Waals surface area contributed by atoms with E-state index in [4.69, 9.17) is 14.2 Å². The fourth-order valence-electron chi connectivity index (χ4n) is 1.98. The molecule has 0 heterocycles. The van der Waals surface area contributed by atoms with E-state index in [1.165, 1.54) is 20.3 Å². The zero-order valence-electron chi connectivity index (χ0n) is 13.6. The molecule has 0 radical (unpaired) electrons. The summed E-state index contributed by atoms with van der Waals surface area (Å²) in [5.74, 6) is 1.76. The number of anilines is 1. The summed E-state index contributed by atoms with van der Waals surface area (Å²) in [6, 6.07) is 11.7. The molecule has 24 heavy (non-hydrogen) atoms. The van der Waals surface area contributed by atoms with Crippen LogP contribution in [-0.2, 0) is 10.0 Å². The van der Waals surface area contributed by atoms with Crippen LogP contribution in [0, 0.1) is 0 Å². The fraction of sp³-hybridized carbons (Fsp3) is 0.176. The van der Waals surface area contributed by atoms with Crippen molar-refractivity contribution in [1.82, 2.24) is 0 Å². The van der Waals surface area contributed by atoms with Crippen LogP contribution in [-0.4, -0.2) is 29.7 Å². The third-order valence-electron chi connectivity index (χ3n) is 3.20. The molecule has 0 atom stereocenters. The molecule has 0 aliphatic carbocycles. The van der Waals surface area contributed by atoms with Gasteiger partial charge in [0.25, 0.3) is 10.0 Å². The van der Waals surface area contributed by atoms with Crippen molar-refractivity contribution in [3.8, 4) is 17.2 Å². The van der Waals surface area contributed by atoms with Crippen molar-refractivity contribution in [2.75, 3.05) is 26.1 Å². The average Bonchev–Trinajstić information content (AvgIpc) is 2.60. The molecule has 6 nitrogen and oxygen atoms in total. The minimum Gasteiger partial charge on any atom is -0.497 e. The molecule has 0 spiro atoms. The van der Waals surface area contributed by atoms with Crippen LogP contribution in [0.15, 0.2) is 47.9 Å². The first-order chi connectivity index (χ1) is 11.5. The maximum atomic E-state index is 12.1. The molecule has 0 amide bonds. The molecule has 0 aromatic heterocycles. The molecule has 7 heteroatoms. The Kier molecular flexibility index (Phi) is 5.70. The minimum absolute atomic E-state index is 0.452. The van der Waals surface area contributed by atoms with Crippen molar-refractivity contribution >= 4 is 21.8 Å². The predicted octanol–water partition coefficient (Wildman–Crippen LogP) is 3.13. The lowest BCUT2D eigenvalue weighted by Crippen LogP contribution is -2.08. The zero-order valence-corrected chi connectivity index (χ0v) is 14.5. The maximum absolute atomic E-state index is 12.1. The van der Waals surface area contributed by atoms with Gasteiger partial charge in [0.1, 0.15) is 5.75 Å². The molecule has 0 aliphatic heterocycles. The molecule has 1 N–H and O–H groups in total. The van der Waals surface area contributed by atoms with E-state index in [9.17, 15) is 8.42 Å². The summed E-state index contributed by atoms with van der Waals surface area (Å²) in [6.45, 7) is 0. The third-order valence-corrected chi connectivity index (χ3v) is 4.21. The Balaban J connectivity index is 2.14. The Labute approximate surface area is 141 Å². The van der Waals surface area contributed by atoms with Crippen LogP contribution in [0.2, 0.25) is 0 Å². The molecule has 0 saturated heterocycles. The van der Waals surface area contributed by atoms with Gasteiger partial charge in [-0.3, -0.25) is 4.72 Å². The van der Waals surface area contributed by atoms with Gasteiger partial charge in [-0.15, -0.1) is 0 Å². The molecule has 2 aromatic carbocycles. The van der Waals surface area contributed by atoms with Crippen molar-refractivity contribution < 1.29 is 22.6 Å². The van der Waals surface area contributed by atoms with E-state index < -0.39 is 10.0 Å². The van der Waals surface area contributed by atoms with E-state index in [1.54, 1.807) is 49.6 Å². The minimum atomic E-state index is -3.63. The Morgan fingerprint density at radius 3 is 2.12 bits per heavy atom. The van der Waals surface area contributed by atoms with E-state index in [1.807, 2.05) is 0 Å². The number of hydrogen-bond acceptors (Lipinski definition) is 5. The first-order valence-corrected chi connectivity index (χ1v) is 8.59. The summed E-state index contributed by atoms with van der Waals surface area (Å²) in [4.78, 5) is 0. The van der Waals surface area contributed by atoms with Crippen molar-refractivity contribution in [3.05, 3.63) is 53.4 Å². The first kappa shape index (κ1) is 17.7. The smallest absolute Gasteiger partial charge is 0.255 e. The summed E-state index contributed by atoms with van der Waals surface area (Å²) in [6.07, 6.45) is 1.48. The van der Waals surface area contributed by atoms with Crippen LogP contribution in [0.3, 0.4) is 0 Å². The second kappa shape index (κ2) is 7.74. The number of hydrogen-bond donors (Lipinski definition) is 1. The van der Waals surface area contributed by atoms with Gasteiger partial charge in [-0.2, -0.15) is 0 Å². The summed E-state index contributed by atoms with van der Waals surface area (Å²) in [5, 5.41) is 1.10. The van der Waals surface area contributed by atoms with Crippen molar-refractivity contribution in [2.45, 2.75) is 0 Å². The van der Waals surface area contributed by atoms with Crippen LogP contribution in [0.25, 0.3) is 6.08 Å². The van der Waals surface area contributed by atoms with Gasteiger partial charge in [0.05, 0.1) is 26.7 Å². The fourth-order valence-corrected chi connectivity index (χ4v) is 2.85. The highest BCUT2D eigenvalue weighted by atomic mass is 32.2. The lowest BCUT2D eigenvalue weighted by Gasteiger charge is -2.08. The lowest BCUT2D eigenvalue weighted by molar-refractivity contribution is 0.355. The molecule has 0 bridgehead atoms. The van der Waals surface area contributed by atoms with Crippen LogP contribution in [0.4, 0.5) is 5.69 Å². The molecule has 128 valence electrons. The lowest BCUT2D eigenvalue weighted by atomic mass is 10.2. The van der Waals surface area contributed by atoms with E-state index in [0.29, 0.717) is 28.5 Å². The Morgan fingerprint density at radius 2 is 1.54 bits per heavy atom. The SMILES string of the molecule is COc1ccc(NS(=O)(=O)/C=C/c2ccc(OC)c(OC)c2)cc1. The van der Waals surface area contributed by atoms with Crippen LogP contribution < -0.4 is 18.9 Å². The molecule has 0 saturated carbocycles. The van der Waals surface area contributed by atoms with E-state index in [0.717, 1.165) is 5.41 Å². The van der Waals surface area contributed by atoms with Crippen LogP contribution in [0.5, 0.6) is 17.2 Å². The van der Waals surface area contributed by atoms with Crippen molar-refractivity contribution in [2.24, 2.45) is 0 Å². The number of methoxy groups -OCH3 is 3. The molecule has 0 aliphatic rings. The van der Waals surface area contributed by atoms with Gasteiger partial charge in [-0.25, -0.2) is 8.42 Å². The molecular weight excluding hydrogens is 330 g/mol. The van der Waals surface area contributed by atoms with Crippen LogP contribution in [0.1, 0.15) is 5.56 Å². The van der Waals surface area contributed by atoms with Gasteiger partial charge in [-0.05, 0) is 48.0 Å². The highest BCUT2D eigenvalue weighted by Crippen LogP contribution is 2.28. The standard InChI is InChI=1S/C17H19NO5S/c1-21-15-7-5-14(6-8-15)18-24(19,20)11-10-13-4-9-16(22-2)17(12-13)23-3/h4-12,18H,1-3H3/b11-10+. The van der Waals surface area contributed by atoms with Gasteiger partial charge in [0.15, 0.2) is 11.5 Å². The zero-order chi connectivity index (χ0) is 17.6. The average molecular weight is 349 g/mol. The molecule has 0 unspecified atom stereocenters. The quantitative estimate of drug-likeness (QED) is 0.831. The molecule has 2 aromatic rings. The second-order valence-corrected chi connectivity index (χ2v) is 6.36. The number of rotatable bonds is 7. The van der Waals surface area contributed by atoms with Gasteiger partial charge in [0.2, 0.25) is 0 Å². The van der Waals surface area contributed by atoms with Crippen molar-refractivity contribution in [3.63, 3.8) is 0 Å². The molecule has 0 fully saturated rings. The van der Waals surface area contributed by atoms with Crippen molar-refractivity contribution in [1.29, 1.82) is 0 Å². The molecule has 2 rings (SSSR count). The summed E-state index contributed by atoms with van der Waals surface area (Å²) < 4.78 is 42.1. The summed E-state index contributed by atoms with van der Waals surface area (Å²) >= 11 is 0. The predicted molar refractivity (Wildman–Crippen MR) is 94.1 cm³/mol. The van der Waals surface area contributed by atoms with E-state index in [2.05, 4.69) is 4.72 Å². The van der Waals surface area contributed by atoms with E-state index in [-0.39, 0.29) is 0 Å². The number of ether oxygens (including phenoxy) is 3. The summed E-state index contributed by atoms with van der Waals surface area (Å²) in [5.41, 5.74) is 1.13. The number of sulfonamides is 1. The highest BCUT2D eigenvalue weighted by molar-refractivity contribution is 7.95.